The molecule has 1 amide bonds. The number of morpholine rings is 1. The molecule has 0 bridgehead atoms. The van der Waals surface area contributed by atoms with E-state index >= 15 is 0 Å². The summed E-state index contributed by atoms with van der Waals surface area (Å²) in [4.78, 5) is 29.1. The minimum atomic E-state index is -0.625. The second-order valence-corrected chi connectivity index (χ2v) is 8.95. The number of carbonyl (C=O) groups excluding carboxylic acids is 2. The maximum Gasteiger partial charge on any atom is 0.255 e. The van der Waals surface area contributed by atoms with Gasteiger partial charge >= 0.3 is 0 Å². The molecule has 0 spiro atoms. The van der Waals surface area contributed by atoms with Crippen molar-refractivity contribution in [3.8, 4) is 11.8 Å². The van der Waals surface area contributed by atoms with Crippen LogP contribution in [0.4, 0.5) is 0 Å². The number of carbonyl (C=O) groups is 2. The van der Waals surface area contributed by atoms with Gasteiger partial charge in [-0.15, -0.1) is 0 Å². The number of aliphatic hydroxyl groups is 1. The highest BCUT2D eigenvalue weighted by molar-refractivity contribution is 6.01. The second-order valence-electron chi connectivity index (χ2n) is 8.95. The van der Waals surface area contributed by atoms with Crippen LogP contribution in [0.15, 0.2) is 42.5 Å². The van der Waals surface area contributed by atoms with E-state index in [1.807, 2.05) is 38.1 Å². The maximum atomic E-state index is 12.9. The summed E-state index contributed by atoms with van der Waals surface area (Å²) in [7, 11) is 0. The largest absolute Gasteiger partial charge is 0.389 e. The van der Waals surface area contributed by atoms with Gasteiger partial charge in [-0.25, -0.2) is 0 Å². The lowest BCUT2D eigenvalue weighted by Crippen LogP contribution is -2.46. The van der Waals surface area contributed by atoms with Gasteiger partial charge in [0.15, 0.2) is 5.78 Å². The van der Waals surface area contributed by atoms with Gasteiger partial charge in [-0.2, -0.15) is 0 Å². The quantitative estimate of drug-likeness (QED) is 0.691. The summed E-state index contributed by atoms with van der Waals surface area (Å²) in [5, 5.41) is 9.33. The van der Waals surface area contributed by atoms with Gasteiger partial charge in [0, 0.05) is 42.9 Å². The number of amides is 1. The third-order valence-corrected chi connectivity index (χ3v) is 6.21. The summed E-state index contributed by atoms with van der Waals surface area (Å²) >= 11 is 0. The third-order valence-electron chi connectivity index (χ3n) is 6.21. The van der Waals surface area contributed by atoms with E-state index in [0.717, 1.165) is 49.5 Å². The van der Waals surface area contributed by atoms with Gasteiger partial charge in [0.1, 0.15) is 6.61 Å². The van der Waals surface area contributed by atoms with E-state index in [1.165, 1.54) is 5.56 Å². The average molecular weight is 447 g/mol. The summed E-state index contributed by atoms with van der Waals surface area (Å²) in [5.74, 6) is 5.83. The lowest BCUT2D eigenvalue weighted by molar-refractivity contribution is -0.127. The molecule has 0 aromatic heterocycles. The van der Waals surface area contributed by atoms with E-state index < -0.39 is 12.6 Å². The fourth-order valence-corrected chi connectivity index (χ4v) is 4.50. The molecule has 6 heteroatoms. The highest BCUT2D eigenvalue weighted by Crippen LogP contribution is 2.28. The van der Waals surface area contributed by atoms with Gasteiger partial charge in [0.2, 0.25) is 0 Å². The minimum Gasteiger partial charge on any atom is -0.389 e. The fourth-order valence-electron chi connectivity index (χ4n) is 4.50. The molecule has 0 aliphatic carbocycles. The highest BCUT2D eigenvalue weighted by atomic mass is 16.5. The first kappa shape index (κ1) is 23.2. The number of hydrogen-bond donors (Lipinski definition) is 1. The molecule has 33 heavy (non-hydrogen) atoms. The van der Waals surface area contributed by atoms with Gasteiger partial charge in [0.25, 0.3) is 5.91 Å². The van der Waals surface area contributed by atoms with Crippen LogP contribution in [0.3, 0.4) is 0 Å². The molecular formula is C27H30N2O4. The van der Waals surface area contributed by atoms with E-state index in [4.69, 9.17) is 4.74 Å². The predicted octanol–water partition coefficient (Wildman–Crippen LogP) is 2.46. The Bertz CT molecular complexity index is 1080. The molecular weight excluding hydrogens is 416 g/mol. The van der Waals surface area contributed by atoms with Crippen LogP contribution in [-0.2, 0) is 22.6 Å². The first-order chi connectivity index (χ1) is 16.0. The van der Waals surface area contributed by atoms with Crippen LogP contribution in [0.25, 0.3) is 0 Å². The Morgan fingerprint density at radius 3 is 2.39 bits per heavy atom. The van der Waals surface area contributed by atoms with Crippen LogP contribution in [-0.4, -0.2) is 65.5 Å². The van der Waals surface area contributed by atoms with Gasteiger partial charge in [-0.05, 0) is 47.4 Å². The smallest absolute Gasteiger partial charge is 0.255 e. The Hall–Kier alpha value is -2.98. The predicted molar refractivity (Wildman–Crippen MR) is 126 cm³/mol. The number of ether oxygens (including phenoxy) is 1. The van der Waals surface area contributed by atoms with Crippen molar-refractivity contribution >= 4 is 11.7 Å². The van der Waals surface area contributed by atoms with E-state index in [1.54, 1.807) is 11.0 Å². The molecule has 1 unspecified atom stereocenters. The normalized spacial score (nSPS) is 17.0. The molecule has 172 valence electrons. The van der Waals surface area contributed by atoms with Crippen LogP contribution < -0.4 is 0 Å². The van der Waals surface area contributed by atoms with Crippen LogP contribution in [0.2, 0.25) is 0 Å². The first-order valence-corrected chi connectivity index (χ1v) is 11.4. The number of Topliss-reactive ketones (excluding diaryl/α,β-unsaturated/α-hetero) is 1. The van der Waals surface area contributed by atoms with Crippen molar-refractivity contribution in [3.05, 3.63) is 70.3 Å². The number of nitrogens with zero attached hydrogens (tertiary/aromatic N) is 2. The fraction of sp³-hybridized carbons (Fsp3) is 0.407. The molecule has 2 heterocycles. The molecule has 2 aliphatic rings. The summed E-state index contributed by atoms with van der Waals surface area (Å²) < 4.78 is 5.40. The number of fused-ring (bicyclic) bond motifs is 1. The zero-order valence-corrected chi connectivity index (χ0v) is 19.2. The Balaban J connectivity index is 1.45. The van der Waals surface area contributed by atoms with E-state index in [-0.39, 0.29) is 17.6 Å². The molecule has 0 radical (unpaired) electrons. The van der Waals surface area contributed by atoms with Crippen molar-refractivity contribution in [2.75, 3.05) is 32.9 Å². The first-order valence-electron chi connectivity index (χ1n) is 11.4. The van der Waals surface area contributed by atoms with Crippen molar-refractivity contribution in [3.63, 3.8) is 0 Å². The Morgan fingerprint density at radius 1 is 1.06 bits per heavy atom. The number of hydrogen-bond acceptors (Lipinski definition) is 5. The lowest BCUT2D eigenvalue weighted by atomic mass is 9.98. The van der Waals surface area contributed by atoms with Crippen molar-refractivity contribution < 1.29 is 19.4 Å². The molecule has 1 N–H and O–H groups in total. The van der Waals surface area contributed by atoms with Crippen molar-refractivity contribution in [1.29, 1.82) is 0 Å². The molecule has 1 saturated heterocycles. The topological polar surface area (TPSA) is 70.1 Å². The van der Waals surface area contributed by atoms with E-state index in [0.29, 0.717) is 12.1 Å². The molecule has 1 atom stereocenters. The number of benzene rings is 2. The Morgan fingerprint density at radius 2 is 1.73 bits per heavy atom. The summed E-state index contributed by atoms with van der Waals surface area (Å²) in [6.45, 7) is 8.00. The maximum absolute atomic E-state index is 12.9. The lowest BCUT2D eigenvalue weighted by Gasteiger charge is -2.29. The number of aliphatic hydroxyl groups excluding tert-OH is 1. The van der Waals surface area contributed by atoms with E-state index in [9.17, 15) is 14.7 Å². The van der Waals surface area contributed by atoms with E-state index in [2.05, 4.69) is 28.9 Å². The van der Waals surface area contributed by atoms with Crippen LogP contribution in [0.1, 0.15) is 46.5 Å². The molecule has 0 saturated carbocycles. The molecule has 1 fully saturated rings. The molecule has 2 aliphatic heterocycles. The molecule has 6 nitrogen and oxygen atoms in total. The molecule has 2 aromatic rings. The summed E-state index contributed by atoms with van der Waals surface area (Å²) in [6, 6.07) is 13.2. The van der Waals surface area contributed by atoms with Crippen molar-refractivity contribution in [2.45, 2.75) is 33.0 Å². The monoisotopic (exact) mass is 446 g/mol. The average Bonchev–Trinajstić information content (AvgIpc) is 3.14. The number of rotatable bonds is 6. The van der Waals surface area contributed by atoms with Gasteiger partial charge in [-0.1, -0.05) is 37.8 Å². The van der Waals surface area contributed by atoms with Crippen molar-refractivity contribution in [2.24, 2.45) is 5.92 Å². The third kappa shape index (κ3) is 5.33. The minimum absolute atomic E-state index is 0.0756. The van der Waals surface area contributed by atoms with Crippen molar-refractivity contribution in [1.82, 2.24) is 9.80 Å². The zero-order chi connectivity index (χ0) is 23.4. The summed E-state index contributed by atoms with van der Waals surface area (Å²) in [6.07, 6.45) is 0. The summed E-state index contributed by atoms with van der Waals surface area (Å²) in [5.41, 5.74) is 4.49. The number of ketones is 1. The van der Waals surface area contributed by atoms with Gasteiger partial charge in [0.05, 0.1) is 19.3 Å². The standard InChI is InChI=1S/C27H30N2O4/c1-19(2)26(25(31)18-30)29-17-23-15-21(9-10-24(23)27(29)32)6-3-20-4-7-22(8-5-20)16-28-11-13-33-14-12-28/h4-5,7-10,15,19,26,30H,11-14,16-18H2,1-2H3. The Kier molecular flexibility index (Phi) is 7.24. The highest BCUT2D eigenvalue weighted by Gasteiger charge is 2.37. The molecule has 4 rings (SSSR count). The molecule has 2 aromatic carbocycles. The second kappa shape index (κ2) is 10.3. The van der Waals surface area contributed by atoms with Crippen LogP contribution >= 0.6 is 0 Å². The Labute approximate surface area is 195 Å². The van der Waals surface area contributed by atoms with Gasteiger partial charge in [-0.3, -0.25) is 14.5 Å². The van der Waals surface area contributed by atoms with Crippen LogP contribution in [0.5, 0.6) is 0 Å². The zero-order valence-electron chi connectivity index (χ0n) is 19.2. The SMILES string of the molecule is CC(C)C(C(=O)CO)N1Cc2cc(C#Cc3ccc(CN4CCOCC4)cc3)ccc2C1=O. The van der Waals surface area contributed by atoms with Crippen LogP contribution in [0, 0.1) is 17.8 Å². The van der Waals surface area contributed by atoms with Gasteiger partial charge < -0.3 is 14.7 Å².